The molecule has 0 aliphatic carbocycles. The lowest BCUT2D eigenvalue weighted by Gasteiger charge is -2.09. The van der Waals surface area contributed by atoms with E-state index < -0.39 is 18.0 Å². The van der Waals surface area contributed by atoms with Crippen molar-refractivity contribution in [2.24, 2.45) is 16.0 Å². The summed E-state index contributed by atoms with van der Waals surface area (Å²) in [6.45, 7) is 0. The van der Waals surface area contributed by atoms with Gasteiger partial charge in [-0.15, -0.1) is 5.11 Å². The first-order chi connectivity index (χ1) is 12.4. The summed E-state index contributed by atoms with van der Waals surface area (Å²) < 4.78 is 4.93. The summed E-state index contributed by atoms with van der Waals surface area (Å²) in [4.78, 5) is 33.6. The van der Waals surface area contributed by atoms with Gasteiger partial charge in [0, 0.05) is 5.56 Å². The Kier molecular flexibility index (Phi) is 6.04. The van der Waals surface area contributed by atoms with E-state index in [0.29, 0.717) is 11.3 Å². The first-order valence-electron chi connectivity index (χ1n) is 7.24. The summed E-state index contributed by atoms with van der Waals surface area (Å²) in [5.41, 5.74) is 5.95. The lowest BCUT2D eigenvalue weighted by atomic mass is 10.1. The second-order valence-corrected chi connectivity index (χ2v) is 4.99. The number of ether oxygens (including phenoxy) is 1. The summed E-state index contributed by atoms with van der Waals surface area (Å²) in [6.07, 6.45) is -1.12. The molecule has 10 heteroatoms. The lowest BCUT2D eigenvalue weighted by molar-refractivity contribution is -0.117. The molecule has 0 saturated carbocycles. The van der Waals surface area contributed by atoms with E-state index in [0.717, 1.165) is 0 Å². The van der Waals surface area contributed by atoms with E-state index in [1.807, 2.05) is 0 Å². The molecule has 0 aliphatic rings. The maximum absolute atomic E-state index is 11.2. The molecular formula is C16H13BN4O5. The van der Waals surface area contributed by atoms with Crippen LogP contribution in [0.25, 0.3) is 0 Å². The second-order valence-electron chi connectivity index (χ2n) is 4.99. The molecule has 0 saturated heterocycles. The molecule has 0 fully saturated rings. The van der Waals surface area contributed by atoms with Crippen LogP contribution in [0.5, 0.6) is 5.75 Å². The standard InChI is InChI=1S/C16H13BN4O5/c17-19-16(25)26-13-6-5-10(7-9(13)8-14(18)22)20-21-12-4-2-1-3-11(12)15(23)24/h1-7H,8H2,(H2,18,22)(H,19,25)(H,23,24). The molecule has 0 atom stereocenters. The first-order valence-corrected chi connectivity index (χ1v) is 7.24. The highest BCUT2D eigenvalue weighted by Crippen LogP contribution is 2.27. The zero-order valence-electron chi connectivity index (χ0n) is 13.4. The Morgan fingerprint density at radius 1 is 1.15 bits per heavy atom. The Balaban J connectivity index is 2.34. The molecule has 2 radical (unpaired) electrons. The van der Waals surface area contributed by atoms with Gasteiger partial charge >= 0.3 is 12.1 Å². The number of rotatable bonds is 6. The minimum atomic E-state index is -1.13. The van der Waals surface area contributed by atoms with Crippen molar-refractivity contribution >= 4 is 37.3 Å². The van der Waals surface area contributed by atoms with Gasteiger partial charge in [-0.1, -0.05) is 12.1 Å². The Morgan fingerprint density at radius 2 is 1.88 bits per heavy atom. The van der Waals surface area contributed by atoms with Crippen molar-refractivity contribution < 1.29 is 24.2 Å². The smallest absolute Gasteiger partial charge is 0.399 e. The van der Waals surface area contributed by atoms with Crippen LogP contribution >= 0.6 is 0 Å². The van der Waals surface area contributed by atoms with Gasteiger partial charge in [-0.05, 0) is 30.3 Å². The molecule has 0 unspecified atom stereocenters. The summed E-state index contributed by atoms with van der Waals surface area (Å²) in [5.74, 6) is -1.70. The van der Waals surface area contributed by atoms with Gasteiger partial charge in [0.2, 0.25) is 13.9 Å². The van der Waals surface area contributed by atoms with Gasteiger partial charge < -0.3 is 20.8 Å². The monoisotopic (exact) mass is 352 g/mol. The van der Waals surface area contributed by atoms with Crippen molar-refractivity contribution in [1.82, 2.24) is 5.23 Å². The molecule has 0 aliphatic heterocycles. The Hall–Kier alpha value is -3.69. The Labute approximate surface area is 149 Å². The summed E-state index contributed by atoms with van der Waals surface area (Å²) in [6, 6.07) is 10.4. The number of nitrogens with one attached hydrogen (secondary N) is 1. The number of aromatic carboxylic acids is 1. The maximum Gasteiger partial charge on any atom is 0.399 e. The molecule has 130 valence electrons. The number of benzene rings is 2. The van der Waals surface area contributed by atoms with Gasteiger partial charge in [0.1, 0.15) is 11.4 Å². The zero-order chi connectivity index (χ0) is 19.1. The number of nitrogens with two attached hydrogens (primary N) is 1. The van der Waals surface area contributed by atoms with Crippen LogP contribution in [0.3, 0.4) is 0 Å². The van der Waals surface area contributed by atoms with Gasteiger partial charge in [-0.2, -0.15) is 5.11 Å². The molecule has 2 aromatic carbocycles. The third-order valence-electron chi connectivity index (χ3n) is 3.14. The van der Waals surface area contributed by atoms with E-state index in [9.17, 15) is 14.4 Å². The summed E-state index contributed by atoms with van der Waals surface area (Å²) in [7, 11) is 4.95. The van der Waals surface area contributed by atoms with Gasteiger partial charge in [-0.3, -0.25) is 4.79 Å². The highest BCUT2D eigenvalue weighted by atomic mass is 16.5. The molecule has 2 rings (SSSR count). The van der Waals surface area contributed by atoms with Crippen LogP contribution in [0.4, 0.5) is 16.2 Å². The number of amides is 2. The van der Waals surface area contributed by atoms with Crippen LogP contribution in [0, 0.1) is 0 Å². The molecule has 26 heavy (non-hydrogen) atoms. The topological polar surface area (TPSA) is 143 Å². The van der Waals surface area contributed by atoms with Crippen LogP contribution in [-0.2, 0) is 11.2 Å². The minimum Gasteiger partial charge on any atom is -0.478 e. The predicted molar refractivity (Wildman–Crippen MR) is 91.8 cm³/mol. The van der Waals surface area contributed by atoms with E-state index in [4.69, 9.17) is 23.6 Å². The summed E-state index contributed by atoms with van der Waals surface area (Å²) in [5, 5.41) is 18.8. The average molecular weight is 352 g/mol. The molecule has 0 aromatic heterocycles. The van der Waals surface area contributed by atoms with E-state index >= 15 is 0 Å². The number of carbonyl (C=O) groups excluding carboxylic acids is 2. The van der Waals surface area contributed by atoms with Gasteiger partial charge in [-0.25, -0.2) is 9.59 Å². The van der Waals surface area contributed by atoms with Crippen molar-refractivity contribution in [2.45, 2.75) is 6.42 Å². The molecule has 2 aromatic rings. The molecule has 2 amide bonds. The quantitative estimate of drug-likeness (QED) is 0.538. The zero-order valence-corrected chi connectivity index (χ0v) is 13.4. The number of azo groups is 1. The van der Waals surface area contributed by atoms with Crippen molar-refractivity contribution in [2.75, 3.05) is 0 Å². The third kappa shape index (κ3) is 4.90. The van der Waals surface area contributed by atoms with Crippen LogP contribution < -0.4 is 15.7 Å². The fourth-order valence-corrected chi connectivity index (χ4v) is 2.04. The number of carboxylic acid groups (broad SMARTS) is 1. The maximum atomic E-state index is 11.2. The van der Waals surface area contributed by atoms with Crippen molar-refractivity contribution in [3.8, 4) is 5.75 Å². The van der Waals surface area contributed by atoms with Crippen molar-refractivity contribution in [3.05, 3.63) is 53.6 Å². The van der Waals surface area contributed by atoms with Crippen molar-refractivity contribution in [3.63, 3.8) is 0 Å². The first kappa shape index (κ1) is 18.7. The van der Waals surface area contributed by atoms with E-state index in [1.165, 1.54) is 30.3 Å². The van der Waals surface area contributed by atoms with E-state index in [1.54, 1.807) is 17.4 Å². The number of hydrogen-bond acceptors (Lipinski definition) is 6. The summed E-state index contributed by atoms with van der Waals surface area (Å²) >= 11 is 0. The largest absolute Gasteiger partial charge is 0.478 e. The normalized spacial score (nSPS) is 10.5. The molecule has 0 heterocycles. The number of carbonyl (C=O) groups is 3. The van der Waals surface area contributed by atoms with E-state index in [2.05, 4.69) is 10.2 Å². The van der Waals surface area contributed by atoms with Gasteiger partial charge in [0.05, 0.1) is 17.7 Å². The highest BCUT2D eigenvalue weighted by molar-refractivity contribution is 6.13. The van der Waals surface area contributed by atoms with Gasteiger partial charge in [0.15, 0.2) is 0 Å². The SMILES string of the molecule is [B]NC(=O)Oc1ccc(N=Nc2ccccc2C(=O)O)cc1CC(N)=O. The number of nitrogens with zero attached hydrogens (tertiary/aromatic N) is 2. The Morgan fingerprint density at radius 3 is 2.54 bits per heavy atom. The fourth-order valence-electron chi connectivity index (χ4n) is 2.04. The Bertz CT molecular complexity index is 885. The lowest BCUT2D eigenvalue weighted by Crippen LogP contribution is -2.24. The van der Waals surface area contributed by atoms with Crippen LogP contribution in [0.1, 0.15) is 15.9 Å². The van der Waals surface area contributed by atoms with Gasteiger partial charge in [0.25, 0.3) is 0 Å². The average Bonchev–Trinajstić information content (AvgIpc) is 2.61. The van der Waals surface area contributed by atoms with Crippen LogP contribution in [0.15, 0.2) is 52.7 Å². The highest BCUT2D eigenvalue weighted by Gasteiger charge is 2.12. The number of carboxylic acids is 1. The van der Waals surface area contributed by atoms with Crippen molar-refractivity contribution in [1.29, 1.82) is 0 Å². The van der Waals surface area contributed by atoms with E-state index in [-0.39, 0.29) is 23.4 Å². The van der Waals surface area contributed by atoms with Crippen LogP contribution in [-0.4, -0.2) is 31.1 Å². The number of hydrogen-bond donors (Lipinski definition) is 3. The molecular weight excluding hydrogens is 339 g/mol. The fraction of sp³-hybridized carbons (Fsp3) is 0.0625. The molecule has 0 bridgehead atoms. The third-order valence-corrected chi connectivity index (χ3v) is 3.14. The molecule has 9 nitrogen and oxygen atoms in total. The van der Waals surface area contributed by atoms with Crippen LogP contribution in [0.2, 0.25) is 0 Å². The minimum absolute atomic E-state index is 0.00632. The molecule has 0 spiro atoms. The predicted octanol–water partition coefficient (Wildman–Crippen LogP) is 2.00. The number of primary amides is 1. The second kappa shape index (κ2) is 8.42. The molecule has 4 N–H and O–H groups in total.